The van der Waals surface area contributed by atoms with Crippen LogP contribution in [0.1, 0.15) is 65.7 Å². The molecule has 1 atom stereocenters. The van der Waals surface area contributed by atoms with E-state index < -0.39 is 0 Å². The summed E-state index contributed by atoms with van der Waals surface area (Å²) in [6.07, 6.45) is 9.68. The number of carbonyl (C=O) groups excluding carboxylic acids is 2. The van der Waals surface area contributed by atoms with Crippen LogP contribution in [0.2, 0.25) is 0 Å². The van der Waals surface area contributed by atoms with Gasteiger partial charge in [-0.15, -0.1) is 0 Å². The van der Waals surface area contributed by atoms with Gasteiger partial charge in [-0.1, -0.05) is 25.7 Å². The Bertz CT molecular complexity index is 381. The van der Waals surface area contributed by atoms with Gasteiger partial charge in [-0.05, 0) is 50.9 Å². The Morgan fingerprint density at radius 3 is 2.23 bits per heavy atom. The largest absolute Gasteiger partial charge is 0.351 e. The lowest BCUT2D eigenvalue weighted by Crippen LogP contribution is -2.46. The maximum absolute atomic E-state index is 11.5. The maximum Gasteiger partial charge on any atom is 0.217 e. The summed E-state index contributed by atoms with van der Waals surface area (Å²) in [6.45, 7) is 7.71. The number of rotatable bonds is 6. The predicted molar refractivity (Wildman–Crippen MR) is 88.3 cm³/mol. The average molecular weight is 308 g/mol. The van der Waals surface area contributed by atoms with Gasteiger partial charge in [0.05, 0.1) is 0 Å². The summed E-state index contributed by atoms with van der Waals surface area (Å²) in [5.41, 5.74) is -0.138. The summed E-state index contributed by atoms with van der Waals surface area (Å²) in [4.78, 5) is 24.3. The fraction of sp³-hybridized carbons (Fsp3) is 0.889. The lowest BCUT2D eigenvalue weighted by molar-refractivity contribution is -0.121. The molecule has 2 fully saturated rings. The van der Waals surface area contributed by atoms with Crippen LogP contribution in [-0.4, -0.2) is 35.8 Å². The van der Waals surface area contributed by atoms with Gasteiger partial charge < -0.3 is 10.2 Å². The molecule has 4 nitrogen and oxygen atoms in total. The van der Waals surface area contributed by atoms with Crippen LogP contribution in [0.25, 0.3) is 0 Å². The van der Waals surface area contributed by atoms with Crippen molar-refractivity contribution in [3.05, 3.63) is 0 Å². The van der Waals surface area contributed by atoms with Crippen LogP contribution in [0, 0.1) is 17.8 Å². The van der Waals surface area contributed by atoms with Crippen molar-refractivity contribution >= 4 is 12.3 Å². The number of nitrogens with one attached hydrogen (secondary N) is 1. The van der Waals surface area contributed by atoms with Gasteiger partial charge in [0.25, 0.3) is 0 Å². The van der Waals surface area contributed by atoms with Gasteiger partial charge in [0.2, 0.25) is 12.3 Å². The molecule has 1 heterocycles. The zero-order valence-corrected chi connectivity index (χ0v) is 14.4. The normalized spacial score (nSPS) is 22.6. The Morgan fingerprint density at radius 1 is 1.18 bits per heavy atom. The van der Waals surface area contributed by atoms with E-state index in [1.165, 1.54) is 25.7 Å². The summed E-state index contributed by atoms with van der Waals surface area (Å²) >= 11 is 0. The first kappa shape index (κ1) is 17.3. The van der Waals surface area contributed by atoms with Gasteiger partial charge in [0, 0.05) is 25.6 Å². The molecule has 0 spiro atoms. The van der Waals surface area contributed by atoms with Gasteiger partial charge in [-0.25, -0.2) is 0 Å². The molecule has 1 saturated carbocycles. The molecule has 22 heavy (non-hydrogen) atoms. The fourth-order valence-electron chi connectivity index (χ4n) is 4.67. The van der Waals surface area contributed by atoms with Crippen molar-refractivity contribution in [3.63, 3.8) is 0 Å². The highest BCUT2D eigenvalue weighted by Crippen LogP contribution is 2.42. The lowest BCUT2D eigenvalue weighted by atomic mass is 9.70. The Kier molecular flexibility index (Phi) is 5.87. The second kappa shape index (κ2) is 7.47. The molecule has 0 bridgehead atoms. The zero-order chi connectivity index (χ0) is 16.2. The first-order valence-electron chi connectivity index (χ1n) is 8.89. The molecule has 0 aromatic rings. The molecule has 0 aromatic carbocycles. The molecule has 1 aliphatic heterocycles. The van der Waals surface area contributed by atoms with Crippen LogP contribution in [0.15, 0.2) is 0 Å². The van der Waals surface area contributed by atoms with E-state index in [1.807, 2.05) is 4.90 Å². The summed E-state index contributed by atoms with van der Waals surface area (Å²) in [5.74, 6) is 2.25. The van der Waals surface area contributed by atoms with E-state index in [0.29, 0.717) is 11.8 Å². The highest BCUT2D eigenvalue weighted by atomic mass is 16.1. The first-order valence-corrected chi connectivity index (χ1v) is 8.89. The van der Waals surface area contributed by atoms with E-state index in [2.05, 4.69) is 19.2 Å². The molecule has 2 amide bonds. The van der Waals surface area contributed by atoms with Crippen molar-refractivity contribution in [1.29, 1.82) is 0 Å². The number of piperidine rings is 1. The minimum Gasteiger partial charge on any atom is -0.351 e. The predicted octanol–water partition coefficient (Wildman–Crippen LogP) is 2.97. The third-order valence-electron chi connectivity index (χ3n) is 5.59. The molecule has 1 aliphatic carbocycles. The van der Waals surface area contributed by atoms with Crippen LogP contribution in [0.3, 0.4) is 0 Å². The van der Waals surface area contributed by atoms with Crippen LogP contribution in [-0.2, 0) is 9.59 Å². The minimum absolute atomic E-state index is 0.0611. The summed E-state index contributed by atoms with van der Waals surface area (Å²) in [7, 11) is 0. The lowest BCUT2D eigenvalue weighted by Gasteiger charge is -2.41. The van der Waals surface area contributed by atoms with Crippen LogP contribution in [0.4, 0.5) is 0 Å². The first-order chi connectivity index (χ1) is 10.4. The van der Waals surface area contributed by atoms with Crippen molar-refractivity contribution in [2.45, 2.75) is 71.3 Å². The topological polar surface area (TPSA) is 49.4 Å². The number of nitrogens with zero attached hydrogens (tertiary/aromatic N) is 1. The van der Waals surface area contributed by atoms with Gasteiger partial charge in [0.15, 0.2) is 0 Å². The number of amides is 2. The highest BCUT2D eigenvalue weighted by molar-refractivity contribution is 5.73. The number of hydrogen-bond acceptors (Lipinski definition) is 2. The SMILES string of the molecule is CC(=O)NC(C)(C)CC(C1CCCC1)C1CCN(C=O)CC1. The molecule has 2 aliphatic rings. The molecule has 0 radical (unpaired) electrons. The quantitative estimate of drug-likeness (QED) is 0.767. The molecule has 126 valence electrons. The van der Waals surface area contributed by atoms with Crippen LogP contribution >= 0.6 is 0 Å². The Morgan fingerprint density at radius 2 is 1.73 bits per heavy atom. The van der Waals surface area contributed by atoms with E-state index in [0.717, 1.165) is 44.7 Å². The second-order valence-corrected chi connectivity index (χ2v) is 7.96. The van der Waals surface area contributed by atoms with E-state index >= 15 is 0 Å². The molecular weight excluding hydrogens is 276 g/mol. The molecule has 1 saturated heterocycles. The Labute approximate surface area is 135 Å². The Hall–Kier alpha value is -1.06. The fourth-order valence-corrected chi connectivity index (χ4v) is 4.67. The summed E-state index contributed by atoms with van der Waals surface area (Å²) in [6, 6.07) is 0. The van der Waals surface area contributed by atoms with Gasteiger partial charge in [-0.3, -0.25) is 9.59 Å². The average Bonchev–Trinajstić information content (AvgIpc) is 2.97. The summed E-state index contributed by atoms with van der Waals surface area (Å²) < 4.78 is 0. The molecular formula is C18H32N2O2. The van der Waals surface area contributed by atoms with Crippen LogP contribution < -0.4 is 5.32 Å². The van der Waals surface area contributed by atoms with Crippen molar-refractivity contribution in [1.82, 2.24) is 10.2 Å². The third kappa shape index (κ3) is 4.72. The van der Waals surface area contributed by atoms with Crippen molar-refractivity contribution < 1.29 is 9.59 Å². The van der Waals surface area contributed by atoms with Gasteiger partial charge >= 0.3 is 0 Å². The molecule has 0 aromatic heterocycles. The van der Waals surface area contributed by atoms with Crippen LogP contribution in [0.5, 0.6) is 0 Å². The zero-order valence-electron chi connectivity index (χ0n) is 14.4. The number of hydrogen-bond donors (Lipinski definition) is 1. The highest BCUT2D eigenvalue weighted by Gasteiger charge is 2.37. The van der Waals surface area contributed by atoms with Gasteiger partial charge in [-0.2, -0.15) is 0 Å². The van der Waals surface area contributed by atoms with E-state index in [1.54, 1.807) is 6.92 Å². The van der Waals surface area contributed by atoms with E-state index in [4.69, 9.17) is 0 Å². The monoisotopic (exact) mass is 308 g/mol. The minimum atomic E-state index is -0.138. The van der Waals surface area contributed by atoms with E-state index in [9.17, 15) is 9.59 Å². The number of likely N-dealkylation sites (tertiary alicyclic amines) is 1. The molecule has 2 rings (SSSR count). The smallest absolute Gasteiger partial charge is 0.217 e. The van der Waals surface area contributed by atoms with Crippen molar-refractivity contribution in [2.75, 3.05) is 13.1 Å². The van der Waals surface area contributed by atoms with Crippen molar-refractivity contribution in [3.8, 4) is 0 Å². The molecule has 4 heteroatoms. The number of carbonyl (C=O) groups is 2. The van der Waals surface area contributed by atoms with E-state index in [-0.39, 0.29) is 11.4 Å². The molecule has 1 unspecified atom stereocenters. The van der Waals surface area contributed by atoms with Crippen molar-refractivity contribution in [2.24, 2.45) is 17.8 Å². The standard InChI is InChI=1S/C18H32N2O2/c1-14(22)19-18(2,3)12-17(15-6-4-5-7-15)16-8-10-20(13-21)11-9-16/h13,15-17H,4-12H2,1-3H3,(H,19,22). The second-order valence-electron chi connectivity index (χ2n) is 7.96. The summed E-state index contributed by atoms with van der Waals surface area (Å²) in [5, 5.41) is 3.13. The molecule has 1 N–H and O–H groups in total. The third-order valence-corrected chi connectivity index (χ3v) is 5.59. The maximum atomic E-state index is 11.5. The Balaban J connectivity index is 2.03. The van der Waals surface area contributed by atoms with Gasteiger partial charge in [0.1, 0.15) is 0 Å².